The van der Waals surface area contributed by atoms with Crippen molar-refractivity contribution in [3.8, 4) is 0 Å². The number of imidazole rings is 1. The van der Waals surface area contributed by atoms with Gasteiger partial charge in [0.1, 0.15) is 0 Å². The monoisotopic (exact) mass is 477 g/mol. The molecule has 35 heavy (non-hydrogen) atoms. The number of amides is 3. The highest BCUT2D eigenvalue weighted by atomic mass is 19.3. The Morgan fingerprint density at radius 2 is 2.03 bits per heavy atom. The third-order valence-corrected chi connectivity index (χ3v) is 7.42. The molecule has 2 N–H and O–H groups in total. The number of carbonyl (C=O) groups excluding carboxylic acids is 2. The average molecular weight is 477 g/mol. The van der Waals surface area contributed by atoms with Crippen molar-refractivity contribution in [2.45, 2.75) is 43.1 Å². The Labute approximate surface area is 197 Å². The van der Waals surface area contributed by atoms with E-state index in [4.69, 9.17) is 0 Å². The van der Waals surface area contributed by atoms with Gasteiger partial charge in [0.05, 0.1) is 29.9 Å². The Balaban J connectivity index is 1.20. The van der Waals surface area contributed by atoms with E-state index < -0.39 is 23.8 Å². The predicted octanol–water partition coefficient (Wildman–Crippen LogP) is 2.93. The maximum absolute atomic E-state index is 13.5. The fraction of sp³-hybridized carbons (Fsp3) is 0.375. The van der Waals surface area contributed by atoms with E-state index in [0.29, 0.717) is 5.69 Å². The maximum atomic E-state index is 13.5. The van der Waals surface area contributed by atoms with Gasteiger partial charge < -0.3 is 5.32 Å². The lowest BCUT2D eigenvalue weighted by molar-refractivity contribution is -0.122. The van der Waals surface area contributed by atoms with Crippen LogP contribution in [0.1, 0.15) is 47.4 Å². The molecule has 4 atom stereocenters. The molecule has 178 valence electrons. The number of alkyl halides is 2. The van der Waals surface area contributed by atoms with Gasteiger partial charge in [0.15, 0.2) is 5.65 Å². The number of carbonyl (C=O) groups is 2. The molecule has 1 saturated heterocycles. The zero-order chi connectivity index (χ0) is 23.9. The topological polar surface area (TPSA) is 106 Å². The van der Waals surface area contributed by atoms with Crippen molar-refractivity contribution in [2.24, 2.45) is 5.92 Å². The van der Waals surface area contributed by atoms with Crippen LogP contribution >= 0.6 is 0 Å². The first kappa shape index (κ1) is 20.5. The van der Waals surface area contributed by atoms with Gasteiger partial charge in [-0.05, 0) is 36.0 Å². The molecule has 0 radical (unpaired) electrons. The molecular formula is C24H21F2N7O2. The molecule has 1 aliphatic heterocycles. The van der Waals surface area contributed by atoms with Gasteiger partial charge in [0.25, 0.3) is 5.92 Å². The first-order valence-corrected chi connectivity index (χ1v) is 11.6. The van der Waals surface area contributed by atoms with Crippen LogP contribution in [0.5, 0.6) is 0 Å². The van der Waals surface area contributed by atoms with Crippen molar-refractivity contribution in [3.63, 3.8) is 0 Å². The van der Waals surface area contributed by atoms with Crippen molar-refractivity contribution >= 4 is 28.5 Å². The Hall–Kier alpha value is -3.89. The van der Waals surface area contributed by atoms with Gasteiger partial charge in [-0.3, -0.25) is 14.8 Å². The minimum atomic E-state index is -2.58. The second-order valence-corrected chi connectivity index (χ2v) is 9.73. The molecule has 4 heterocycles. The van der Waals surface area contributed by atoms with E-state index in [1.54, 1.807) is 27.8 Å². The number of urea groups is 1. The average Bonchev–Trinajstić information content (AvgIpc) is 3.59. The van der Waals surface area contributed by atoms with Gasteiger partial charge in [0, 0.05) is 42.2 Å². The summed E-state index contributed by atoms with van der Waals surface area (Å²) in [6.07, 6.45) is 5.97. The fourth-order valence-electron chi connectivity index (χ4n) is 5.22. The van der Waals surface area contributed by atoms with E-state index in [9.17, 15) is 18.4 Å². The summed E-state index contributed by atoms with van der Waals surface area (Å²) in [5.41, 5.74) is 4.31. The zero-order valence-electron chi connectivity index (χ0n) is 18.5. The Kier molecular flexibility index (Phi) is 4.13. The second kappa shape index (κ2) is 7.06. The number of nitrogens with one attached hydrogen (secondary N) is 2. The summed E-state index contributed by atoms with van der Waals surface area (Å²) >= 11 is 0. The highest BCUT2D eigenvalue weighted by Gasteiger charge is 2.57. The van der Waals surface area contributed by atoms with Crippen LogP contribution < -0.4 is 10.6 Å². The van der Waals surface area contributed by atoms with E-state index >= 15 is 0 Å². The lowest BCUT2D eigenvalue weighted by Crippen LogP contribution is -2.51. The van der Waals surface area contributed by atoms with Gasteiger partial charge in [-0.1, -0.05) is 12.1 Å². The molecule has 3 aromatic heterocycles. The molecule has 2 unspecified atom stereocenters. The summed E-state index contributed by atoms with van der Waals surface area (Å²) in [5, 5.41) is 14.8. The van der Waals surface area contributed by atoms with Crippen LogP contribution in [0.4, 0.5) is 13.6 Å². The van der Waals surface area contributed by atoms with Crippen LogP contribution in [-0.2, 0) is 11.3 Å². The number of rotatable bonds is 5. The Morgan fingerprint density at radius 1 is 1.17 bits per heavy atom. The number of halogens is 2. The minimum Gasteiger partial charge on any atom is -0.337 e. The maximum Gasteiger partial charge on any atom is 0.321 e. The third kappa shape index (κ3) is 3.36. The first-order valence-electron chi connectivity index (χ1n) is 11.6. The van der Waals surface area contributed by atoms with Gasteiger partial charge >= 0.3 is 6.03 Å². The van der Waals surface area contributed by atoms with Crippen LogP contribution in [0.3, 0.4) is 0 Å². The summed E-state index contributed by atoms with van der Waals surface area (Å²) in [5.74, 6) is -3.76. The number of nitrogens with zero attached hydrogens (tertiary/aromatic N) is 5. The van der Waals surface area contributed by atoms with Crippen molar-refractivity contribution < 1.29 is 18.4 Å². The van der Waals surface area contributed by atoms with Crippen molar-refractivity contribution in [2.75, 3.05) is 6.54 Å². The largest absolute Gasteiger partial charge is 0.337 e. The van der Waals surface area contributed by atoms with E-state index in [2.05, 4.69) is 37.9 Å². The molecular weight excluding hydrogens is 456 g/mol. The molecule has 0 spiro atoms. The van der Waals surface area contributed by atoms with Gasteiger partial charge in [0.2, 0.25) is 5.91 Å². The molecule has 2 aliphatic carbocycles. The van der Waals surface area contributed by atoms with Crippen LogP contribution in [0.15, 0.2) is 42.9 Å². The highest BCUT2D eigenvalue weighted by Crippen LogP contribution is 2.56. The van der Waals surface area contributed by atoms with E-state index in [-0.39, 0.29) is 37.3 Å². The first-order chi connectivity index (χ1) is 16.9. The Bertz CT molecular complexity index is 1530. The van der Waals surface area contributed by atoms with Crippen LogP contribution in [0.2, 0.25) is 0 Å². The van der Waals surface area contributed by atoms with Crippen LogP contribution in [-0.4, -0.2) is 48.8 Å². The zero-order valence-corrected chi connectivity index (χ0v) is 18.5. The summed E-state index contributed by atoms with van der Waals surface area (Å²) in [7, 11) is 0. The molecule has 2 saturated carbocycles. The Morgan fingerprint density at radius 3 is 2.83 bits per heavy atom. The lowest BCUT2D eigenvalue weighted by atomic mass is 9.99. The minimum absolute atomic E-state index is 0.0773. The summed E-state index contributed by atoms with van der Waals surface area (Å²) in [6.45, 7) is 0.405. The molecule has 7 rings (SSSR count). The van der Waals surface area contributed by atoms with Crippen LogP contribution in [0.25, 0.3) is 16.6 Å². The molecule has 3 fully saturated rings. The molecule has 3 aliphatic rings. The molecule has 3 amide bonds. The SMILES string of the molecule is O=C1NCC(c2cc([C@H]3C[C@@H]3c3ccc4cnn(CC5CC5(F)F)c4c3)c3nccn3n2)C(=O)N1. The summed E-state index contributed by atoms with van der Waals surface area (Å²) in [6, 6.07) is 7.54. The van der Waals surface area contributed by atoms with Crippen LogP contribution in [0, 0.1) is 5.92 Å². The summed E-state index contributed by atoms with van der Waals surface area (Å²) in [4.78, 5) is 28.4. The standard InChI is InChI=1S/C24H21F2N7O2/c25-24(26)8-14(24)11-33-20-5-12(1-2-13(20)9-29-33)15-6-16(15)17-7-19(31-32-4-3-27-21(17)32)18-10-28-23(35)30-22(18)34/h1-5,7,9,14-16,18H,6,8,10-11H2,(H2,28,30,34,35)/t14?,15-,16+,18?/m1/s1. The van der Waals surface area contributed by atoms with Gasteiger partial charge in [-0.2, -0.15) is 10.2 Å². The highest BCUT2D eigenvalue weighted by molar-refractivity contribution is 6.00. The third-order valence-electron chi connectivity index (χ3n) is 7.42. The summed E-state index contributed by atoms with van der Waals surface area (Å²) < 4.78 is 30.3. The predicted molar refractivity (Wildman–Crippen MR) is 120 cm³/mol. The number of fused-ring (bicyclic) bond motifs is 2. The number of aromatic nitrogens is 5. The van der Waals surface area contributed by atoms with Gasteiger partial charge in [-0.15, -0.1) is 0 Å². The molecule has 1 aromatic carbocycles. The number of hydrogen-bond acceptors (Lipinski definition) is 5. The molecule has 0 bridgehead atoms. The van der Waals surface area contributed by atoms with Crippen molar-refractivity contribution in [1.29, 1.82) is 0 Å². The molecule has 4 aromatic rings. The van der Waals surface area contributed by atoms with Crippen molar-refractivity contribution in [1.82, 2.24) is 35.0 Å². The lowest BCUT2D eigenvalue weighted by Gasteiger charge is -2.22. The van der Waals surface area contributed by atoms with Crippen molar-refractivity contribution in [3.05, 3.63) is 59.7 Å². The van der Waals surface area contributed by atoms with E-state index in [0.717, 1.165) is 34.1 Å². The number of imide groups is 1. The molecule has 11 heteroatoms. The van der Waals surface area contributed by atoms with E-state index in [1.165, 1.54) is 0 Å². The molecule has 9 nitrogen and oxygen atoms in total. The number of benzene rings is 1. The fourth-order valence-corrected chi connectivity index (χ4v) is 5.22. The second-order valence-electron chi connectivity index (χ2n) is 9.73. The van der Waals surface area contributed by atoms with Gasteiger partial charge in [-0.25, -0.2) is 23.1 Å². The number of hydrogen-bond donors (Lipinski definition) is 2. The van der Waals surface area contributed by atoms with E-state index in [1.807, 2.05) is 12.1 Å². The normalized spacial score (nSPS) is 27.1. The smallest absolute Gasteiger partial charge is 0.321 e. The quantitative estimate of drug-likeness (QED) is 0.460.